The summed E-state index contributed by atoms with van der Waals surface area (Å²) < 4.78 is 5.52. The van der Waals surface area contributed by atoms with Gasteiger partial charge in [-0.15, -0.1) is 0 Å². The van der Waals surface area contributed by atoms with E-state index in [0.29, 0.717) is 6.54 Å². The zero-order valence-electron chi connectivity index (χ0n) is 16.2. The Morgan fingerprint density at radius 2 is 1.81 bits per heavy atom. The van der Waals surface area contributed by atoms with Crippen LogP contribution in [0.15, 0.2) is 30.3 Å². The van der Waals surface area contributed by atoms with Gasteiger partial charge in [-0.05, 0) is 44.3 Å². The van der Waals surface area contributed by atoms with Crippen molar-refractivity contribution in [3.63, 3.8) is 0 Å². The average molecular weight is 360 g/mol. The third kappa shape index (κ3) is 5.29. The van der Waals surface area contributed by atoms with Gasteiger partial charge in [0.15, 0.2) is 0 Å². The normalized spacial score (nSPS) is 22.7. The molecule has 1 aromatic carbocycles. The number of amides is 1. The second kappa shape index (κ2) is 9.49. The molecule has 0 bridgehead atoms. The van der Waals surface area contributed by atoms with Crippen LogP contribution in [0.3, 0.4) is 0 Å². The lowest BCUT2D eigenvalue weighted by Gasteiger charge is -2.38. The second-order valence-corrected chi connectivity index (χ2v) is 7.82. The van der Waals surface area contributed by atoms with Crippen molar-refractivity contribution in [3.8, 4) is 0 Å². The fourth-order valence-corrected chi connectivity index (χ4v) is 4.12. The van der Waals surface area contributed by atoms with Gasteiger partial charge in [-0.1, -0.05) is 37.3 Å². The molecule has 26 heavy (non-hydrogen) atoms. The molecule has 0 radical (unpaired) electrons. The molecular weight excluding hydrogens is 326 g/mol. The van der Waals surface area contributed by atoms with Crippen LogP contribution in [0.4, 0.5) is 0 Å². The predicted octanol–water partition coefficient (Wildman–Crippen LogP) is 2.30. The zero-order chi connectivity index (χ0) is 18.4. The SMILES string of the molecule is CC1CCN(CC(=O)N[C@@H](C)[C@H](c2ccccc2)N2CCOCC2)CC1. The number of likely N-dealkylation sites (tertiary alicyclic amines) is 1. The van der Waals surface area contributed by atoms with E-state index in [1.807, 2.05) is 6.07 Å². The van der Waals surface area contributed by atoms with E-state index in [1.165, 1.54) is 18.4 Å². The molecule has 1 N–H and O–H groups in total. The fourth-order valence-electron chi connectivity index (χ4n) is 4.12. The summed E-state index contributed by atoms with van der Waals surface area (Å²) in [7, 11) is 0. The van der Waals surface area contributed by atoms with Gasteiger partial charge in [0.25, 0.3) is 0 Å². The molecule has 1 amide bonds. The first kappa shape index (κ1) is 19.3. The van der Waals surface area contributed by atoms with Crippen molar-refractivity contribution >= 4 is 5.91 Å². The number of morpholine rings is 1. The number of hydrogen-bond acceptors (Lipinski definition) is 4. The zero-order valence-corrected chi connectivity index (χ0v) is 16.2. The maximum Gasteiger partial charge on any atom is 0.234 e. The molecule has 2 heterocycles. The summed E-state index contributed by atoms with van der Waals surface area (Å²) >= 11 is 0. The maximum atomic E-state index is 12.6. The predicted molar refractivity (Wildman–Crippen MR) is 104 cm³/mol. The monoisotopic (exact) mass is 359 g/mol. The highest BCUT2D eigenvalue weighted by molar-refractivity contribution is 5.78. The maximum absolute atomic E-state index is 12.6. The van der Waals surface area contributed by atoms with Crippen LogP contribution in [-0.4, -0.2) is 67.7 Å². The van der Waals surface area contributed by atoms with Crippen molar-refractivity contribution in [2.75, 3.05) is 45.9 Å². The lowest BCUT2D eigenvalue weighted by atomic mass is 9.97. The van der Waals surface area contributed by atoms with Gasteiger partial charge in [-0.2, -0.15) is 0 Å². The summed E-state index contributed by atoms with van der Waals surface area (Å²) in [5, 5.41) is 3.27. The molecule has 1 aromatic rings. The number of hydrogen-bond donors (Lipinski definition) is 1. The number of ether oxygens (including phenoxy) is 1. The summed E-state index contributed by atoms with van der Waals surface area (Å²) in [6.45, 7) is 10.3. The number of carbonyl (C=O) groups is 1. The summed E-state index contributed by atoms with van der Waals surface area (Å²) in [4.78, 5) is 17.3. The highest BCUT2D eigenvalue weighted by Crippen LogP contribution is 2.25. The first-order valence-electron chi connectivity index (χ1n) is 10.0. The molecule has 3 rings (SSSR count). The molecule has 2 aliphatic rings. The molecule has 2 aliphatic heterocycles. The van der Waals surface area contributed by atoms with E-state index in [2.05, 4.69) is 53.2 Å². The highest BCUT2D eigenvalue weighted by atomic mass is 16.5. The van der Waals surface area contributed by atoms with Gasteiger partial charge in [0.05, 0.1) is 25.8 Å². The lowest BCUT2D eigenvalue weighted by molar-refractivity contribution is -0.123. The third-order valence-corrected chi connectivity index (χ3v) is 5.69. The number of nitrogens with zero attached hydrogens (tertiary/aromatic N) is 2. The van der Waals surface area contributed by atoms with E-state index in [9.17, 15) is 4.79 Å². The molecule has 0 unspecified atom stereocenters. The molecule has 0 spiro atoms. The minimum atomic E-state index is 0.0618. The summed E-state index contributed by atoms with van der Waals surface area (Å²) in [6, 6.07) is 10.8. The Bertz CT molecular complexity index is 552. The van der Waals surface area contributed by atoms with Crippen LogP contribution in [0.5, 0.6) is 0 Å². The van der Waals surface area contributed by atoms with E-state index >= 15 is 0 Å². The van der Waals surface area contributed by atoms with Gasteiger partial charge in [-0.3, -0.25) is 14.6 Å². The van der Waals surface area contributed by atoms with Crippen LogP contribution >= 0.6 is 0 Å². The topological polar surface area (TPSA) is 44.8 Å². The summed E-state index contributed by atoms with van der Waals surface area (Å²) in [5.74, 6) is 0.929. The Morgan fingerprint density at radius 3 is 2.46 bits per heavy atom. The first-order valence-corrected chi connectivity index (χ1v) is 10.0. The van der Waals surface area contributed by atoms with Gasteiger partial charge >= 0.3 is 0 Å². The highest BCUT2D eigenvalue weighted by Gasteiger charge is 2.29. The van der Waals surface area contributed by atoms with Crippen LogP contribution in [-0.2, 0) is 9.53 Å². The molecule has 5 heteroatoms. The minimum Gasteiger partial charge on any atom is -0.379 e. The summed E-state index contributed by atoms with van der Waals surface area (Å²) in [6.07, 6.45) is 2.40. The molecule has 0 aromatic heterocycles. The van der Waals surface area contributed by atoms with Crippen molar-refractivity contribution in [3.05, 3.63) is 35.9 Å². The van der Waals surface area contributed by atoms with Crippen molar-refractivity contribution in [2.45, 2.75) is 38.8 Å². The van der Waals surface area contributed by atoms with E-state index in [1.54, 1.807) is 0 Å². The minimum absolute atomic E-state index is 0.0618. The molecule has 2 atom stereocenters. The van der Waals surface area contributed by atoms with Crippen molar-refractivity contribution in [1.82, 2.24) is 15.1 Å². The van der Waals surface area contributed by atoms with Crippen molar-refractivity contribution in [1.29, 1.82) is 0 Å². The smallest absolute Gasteiger partial charge is 0.234 e. The van der Waals surface area contributed by atoms with Crippen LogP contribution in [0.1, 0.15) is 38.3 Å². The molecule has 144 valence electrons. The average Bonchev–Trinajstić information content (AvgIpc) is 2.65. The van der Waals surface area contributed by atoms with Crippen molar-refractivity contribution in [2.24, 2.45) is 5.92 Å². The number of nitrogens with one attached hydrogen (secondary N) is 1. The van der Waals surface area contributed by atoms with E-state index in [-0.39, 0.29) is 18.0 Å². The molecular formula is C21H33N3O2. The number of benzene rings is 1. The number of rotatable bonds is 6. The Morgan fingerprint density at radius 1 is 1.15 bits per heavy atom. The first-order chi connectivity index (χ1) is 12.6. The van der Waals surface area contributed by atoms with Gasteiger partial charge in [0.2, 0.25) is 5.91 Å². The van der Waals surface area contributed by atoms with Gasteiger partial charge in [0.1, 0.15) is 0 Å². The Hall–Kier alpha value is -1.43. The Kier molecular flexibility index (Phi) is 7.06. The number of carbonyl (C=O) groups excluding carboxylic acids is 1. The van der Waals surface area contributed by atoms with E-state index in [4.69, 9.17) is 4.74 Å². The van der Waals surface area contributed by atoms with E-state index < -0.39 is 0 Å². The Labute approximate surface area is 157 Å². The molecule has 2 fully saturated rings. The quantitative estimate of drug-likeness (QED) is 0.846. The molecule has 0 saturated carbocycles. The van der Waals surface area contributed by atoms with Crippen LogP contribution in [0.25, 0.3) is 0 Å². The van der Waals surface area contributed by atoms with Crippen LogP contribution in [0.2, 0.25) is 0 Å². The summed E-state index contributed by atoms with van der Waals surface area (Å²) in [5.41, 5.74) is 1.26. The lowest BCUT2D eigenvalue weighted by Crippen LogP contribution is -2.50. The fraction of sp³-hybridized carbons (Fsp3) is 0.667. The molecule has 2 saturated heterocycles. The largest absolute Gasteiger partial charge is 0.379 e. The standard InChI is InChI=1S/C21H33N3O2/c1-17-8-10-23(11-9-17)16-20(25)22-18(2)21(19-6-4-3-5-7-19)24-12-14-26-15-13-24/h3-7,17-18,21H,8-16H2,1-2H3,(H,22,25)/t18-,21+/m0/s1. The third-order valence-electron chi connectivity index (χ3n) is 5.69. The van der Waals surface area contributed by atoms with Gasteiger partial charge in [-0.25, -0.2) is 0 Å². The second-order valence-electron chi connectivity index (χ2n) is 7.82. The Balaban J connectivity index is 1.61. The van der Waals surface area contributed by atoms with E-state index in [0.717, 1.165) is 45.3 Å². The van der Waals surface area contributed by atoms with Crippen molar-refractivity contribution < 1.29 is 9.53 Å². The number of piperidine rings is 1. The van der Waals surface area contributed by atoms with Crippen LogP contribution in [0, 0.1) is 5.92 Å². The molecule has 5 nitrogen and oxygen atoms in total. The van der Waals surface area contributed by atoms with Crippen LogP contribution < -0.4 is 5.32 Å². The van der Waals surface area contributed by atoms with Gasteiger partial charge in [0, 0.05) is 19.1 Å². The van der Waals surface area contributed by atoms with Gasteiger partial charge < -0.3 is 10.1 Å². The molecule has 0 aliphatic carbocycles.